The molecular formula is C24H34Cl2N5O+. The molecule has 174 valence electrons. The molecule has 0 unspecified atom stereocenters. The fraction of sp³-hybridized carbons (Fsp3) is 0.625. The van der Waals surface area contributed by atoms with Crippen LogP contribution in [0.15, 0.2) is 24.3 Å². The SMILES string of the molecule is CC(C)(C)[C@@H](/C=C\c1ccc(Cl)cc1Cl)n1nnnc1C1([NH+]2CCOCC2)CCCCC1. The number of halogens is 2. The highest BCUT2D eigenvalue weighted by atomic mass is 35.5. The molecule has 1 aliphatic carbocycles. The Kier molecular flexibility index (Phi) is 7.25. The molecule has 2 aliphatic rings. The first kappa shape index (κ1) is 23.7. The lowest BCUT2D eigenvalue weighted by atomic mass is 9.78. The van der Waals surface area contributed by atoms with Gasteiger partial charge in [-0.15, -0.1) is 5.10 Å². The molecule has 1 saturated carbocycles. The number of nitrogens with one attached hydrogen (secondary N) is 1. The van der Waals surface area contributed by atoms with Crippen molar-refractivity contribution in [1.29, 1.82) is 0 Å². The zero-order valence-electron chi connectivity index (χ0n) is 19.3. The standard InChI is InChI=1S/C24H33Cl2N5O/c1-23(2,3)21(10-8-18-7-9-19(25)17-20(18)26)31-22(27-28-29-31)24(11-5-4-6-12-24)30-13-15-32-16-14-30/h7-10,17,21H,4-6,11-16H2,1-3H3/p+1/b10-8-/t21-/m1/s1. The summed E-state index contributed by atoms with van der Waals surface area (Å²) in [7, 11) is 0. The molecule has 1 aliphatic heterocycles. The van der Waals surface area contributed by atoms with E-state index in [-0.39, 0.29) is 17.0 Å². The van der Waals surface area contributed by atoms with Crippen LogP contribution in [0.2, 0.25) is 10.0 Å². The molecule has 4 rings (SSSR count). The first-order chi connectivity index (χ1) is 15.3. The minimum absolute atomic E-state index is 0.0153. The summed E-state index contributed by atoms with van der Waals surface area (Å²) in [6, 6.07) is 5.57. The number of nitrogens with zero attached hydrogens (tertiary/aromatic N) is 4. The Labute approximate surface area is 200 Å². The molecule has 32 heavy (non-hydrogen) atoms. The summed E-state index contributed by atoms with van der Waals surface area (Å²) in [4.78, 5) is 1.57. The van der Waals surface area contributed by atoms with Gasteiger partial charge in [-0.1, -0.05) is 68.6 Å². The number of aromatic nitrogens is 4. The summed E-state index contributed by atoms with van der Waals surface area (Å²) in [5.41, 5.74) is 0.794. The number of allylic oxidation sites excluding steroid dienone is 1. The van der Waals surface area contributed by atoms with E-state index in [1.165, 1.54) is 19.3 Å². The van der Waals surface area contributed by atoms with Crippen molar-refractivity contribution in [1.82, 2.24) is 20.2 Å². The van der Waals surface area contributed by atoms with E-state index in [1.807, 2.05) is 12.1 Å². The van der Waals surface area contributed by atoms with Gasteiger partial charge in [0.15, 0.2) is 5.54 Å². The van der Waals surface area contributed by atoms with Crippen LogP contribution in [0.3, 0.4) is 0 Å². The molecule has 1 atom stereocenters. The van der Waals surface area contributed by atoms with Gasteiger partial charge in [-0.3, -0.25) is 0 Å². The van der Waals surface area contributed by atoms with Crippen LogP contribution in [0.5, 0.6) is 0 Å². The smallest absolute Gasteiger partial charge is 0.213 e. The molecule has 1 saturated heterocycles. The fourth-order valence-electron chi connectivity index (χ4n) is 5.25. The molecule has 0 amide bonds. The Bertz CT molecular complexity index is 940. The van der Waals surface area contributed by atoms with E-state index in [4.69, 9.17) is 27.9 Å². The van der Waals surface area contributed by atoms with E-state index in [0.717, 1.165) is 50.5 Å². The highest BCUT2D eigenvalue weighted by molar-refractivity contribution is 6.35. The van der Waals surface area contributed by atoms with Gasteiger partial charge in [0.1, 0.15) is 13.1 Å². The first-order valence-corrected chi connectivity index (χ1v) is 12.4. The van der Waals surface area contributed by atoms with Gasteiger partial charge in [-0.2, -0.15) is 0 Å². The van der Waals surface area contributed by atoms with Crippen molar-refractivity contribution in [2.24, 2.45) is 5.41 Å². The summed E-state index contributed by atoms with van der Waals surface area (Å²) in [5.74, 6) is 1.01. The topological polar surface area (TPSA) is 57.3 Å². The predicted octanol–water partition coefficient (Wildman–Crippen LogP) is 4.36. The van der Waals surface area contributed by atoms with Crippen molar-refractivity contribution < 1.29 is 9.64 Å². The lowest BCUT2D eigenvalue weighted by Gasteiger charge is -2.44. The molecule has 0 radical (unpaired) electrons. The van der Waals surface area contributed by atoms with Gasteiger partial charge < -0.3 is 9.64 Å². The van der Waals surface area contributed by atoms with Crippen LogP contribution >= 0.6 is 23.2 Å². The maximum absolute atomic E-state index is 6.43. The average Bonchev–Trinajstić information content (AvgIpc) is 3.25. The van der Waals surface area contributed by atoms with Gasteiger partial charge in [-0.25, -0.2) is 4.68 Å². The summed E-state index contributed by atoms with van der Waals surface area (Å²) in [5, 5.41) is 14.7. The average molecular weight is 479 g/mol. The van der Waals surface area contributed by atoms with Crippen molar-refractivity contribution in [3.8, 4) is 0 Å². The summed E-state index contributed by atoms with van der Waals surface area (Å²) in [6.45, 7) is 10.3. The minimum atomic E-state index is -0.0876. The van der Waals surface area contributed by atoms with E-state index in [0.29, 0.717) is 10.0 Å². The molecule has 2 heterocycles. The Hall–Kier alpha value is -1.47. The summed E-state index contributed by atoms with van der Waals surface area (Å²) >= 11 is 12.5. The maximum Gasteiger partial charge on any atom is 0.213 e. The van der Waals surface area contributed by atoms with Crippen LogP contribution in [-0.2, 0) is 10.3 Å². The van der Waals surface area contributed by atoms with Gasteiger partial charge in [-0.05, 0) is 46.4 Å². The predicted molar refractivity (Wildman–Crippen MR) is 128 cm³/mol. The number of ether oxygens (including phenoxy) is 1. The zero-order valence-corrected chi connectivity index (χ0v) is 20.8. The highest BCUT2D eigenvalue weighted by Crippen LogP contribution is 2.38. The zero-order chi connectivity index (χ0) is 22.8. The molecule has 1 aromatic heterocycles. The second-order valence-corrected chi connectivity index (χ2v) is 11.0. The Morgan fingerprint density at radius 3 is 2.50 bits per heavy atom. The van der Waals surface area contributed by atoms with Crippen molar-refractivity contribution in [3.63, 3.8) is 0 Å². The minimum Gasteiger partial charge on any atom is -0.370 e. The number of benzene rings is 1. The van der Waals surface area contributed by atoms with Gasteiger partial charge in [0.05, 0.1) is 19.3 Å². The van der Waals surface area contributed by atoms with Crippen molar-refractivity contribution in [2.75, 3.05) is 26.3 Å². The molecule has 0 spiro atoms. The third-order valence-electron chi connectivity index (χ3n) is 6.97. The second-order valence-electron chi connectivity index (χ2n) is 10.1. The van der Waals surface area contributed by atoms with Crippen LogP contribution in [-0.4, -0.2) is 46.5 Å². The highest BCUT2D eigenvalue weighted by Gasteiger charge is 2.49. The lowest BCUT2D eigenvalue weighted by molar-refractivity contribution is -0.970. The molecule has 8 heteroatoms. The number of hydrogen-bond donors (Lipinski definition) is 1. The normalized spacial score (nSPS) is 21.2. The van der Waals surface area contributed by atoms with Gasteiger partial charge >= 0.3 is 0 Å². The third-order valence-corrected chi connectivity index (χ3v) is 7.53. The molecular weight excluding hydrogens is 445 g/mol. The van der Waals surface area contributed by atoms with Gasteiger partial charge in [0, 0.05) is 22.9 Å². The number of tetrazole rings is 1. The summed E-state index contributed by atoms with van der Waals surface area (Å²) < 4.78 is 7.76. The van der Waals surface area contributed by atoms with Crippen molar-refractivity contribution in [2.45, 2.75) is 64.5 Å². The second kappa shape index (κ2) is 9.80. The van der Waals surface area contributed by atoms with E-state index in [2.05, 4.69) is 53.1 Å². The first-order valence-electron chi connectivity index (χ1n) is 11.7. The maximum atomic E-state index is 6.43. The fourth-order valence-corrected chi connectivity index (χ4v) is 5.72. The monoisotopic (exact) mass is 478 g/mol. The quantitative estimate of drug-likeness (QED) is 0.693. The summed E-state index contributed by atoms with van der Waals surface area (Å²) in [6.07, 6.45) is 10.2. The third kappa shape index (κ3) is 4.89. The van der Waals surface area contributed by atoms with Crippen molar-refractivity contribution in [3.05, 3.63) is 45.7 Å². The Morgan fingerprint density at radius 1 is 1.12 bits per heavy atom. The van der Waals surface area contributed by atoms with Gasteiger partial charge in [0.2, 0.25) is 5.82 Å². The van der Waals surface area contributed by atoms with Crippen LogP contribution < -0.4 is 4.90 Å². The molecule has 1 N–H and O–H groups in total. The Balaban J connectivity index is 1.74. The lowest BCUT2D eigenvalue weighted by Crippen LogP contribution is -3.20. The van der Waals surface area contributed by atoms with Crippen LogP contribution in [0.4, 0.5) is 0 Å². The number of hydrogen-bond acceptors (Lipinski definition) is 4. The van der Waals surface area contributed by atoms with E-state index >= 15 is 0 Å². The van der Waals surface area contributed by atoms with Crippen LogP contribution in [0.25, 0.3) is 6.08 Å². The number of quaternary nitrogens is 1. The van der Waals surface area contributed by atoms with Crippen molar-refractivity contribution >= 4 is 29.3 Å². The molecule has 2 aromatic rings. The number of rotatable bonds is 5. The molecule has 6 nitrogen and oxygen atoms in total. The van der Waals surface area contributed by atoms with Gasteiger partial charge in [0.25, 0.3) is 0 Å². The molecule has 2 fully saturated rings. The van der Waals surface area contributed by atoms with E-state index in [1.54, 1.807) is 11.0 Å². The number of morpholine rings is 1. The van der Waals surface area contributed by atoms with Crippen LogP contribution in [0.1, 0.15) is 70.3 Å². The van der Waals surface area contributed by atoms with E-state index in [9.17, 15) is 0 Å². The Morgan fingerprint density at radius 2 is 1.84 bits per heavy atom. The molecule has 0 bridgehead atoms. The largest absolute Gasteiger partial charge is 0.370 e. The molecule has 1 aromatic carbocycles. The van der Waals surface area contributed by atoms with Crippen LogP contribution in [0, 0.1) is 5.41 Å². The van der Waals surface area contributed by atoms with E-state index < -0.39 is 0 Å².